The topological polar surface area (TPSA) is 26.0 Å². The van der Waals surface area contributed by atoms with Crippen LogP contribution in [0.2, 0.25) is 0 Å². The quantitative estimate of drug-likeness (QED) is 0.153. The summed E-state index contributed by atoms with van der Waals surface area (Å²) in [7, 11) is 0. The van der Waals surface area contributed by atoms with E-state index >= 15 is 0 Å². The van der Waals surface area contributed by atoms with Crippen LogP contribution >= 0.6 is 11.3 Å². The molecule has 0 amide bonds. The lowest BCUT2D eigenvalue weighted by Gasteiger charge is -2.23. The lowest BCUT2D eigenvalue weighted by Crippen LogP contribution is -2.07. The molecule has 0 N–H and O–H groups in total. The third-order valence-electron chi connectivity index (χ3n) is 12.0. The monoisotopic (exact) mass is 810 g/mol. The molecular formula is C57H38N4S. The molecule has 292 valence electrons. The van der Waals surface area contributed by atoms with Crippen molar-refractivity contribution in [1.29, 1.82) is 0 Å². The number of thiophene rings is 1. The van der Waals surface area contributed by atoms with Gasteiger partial charge in [0.05, 0.1) is 27.8 Å². The van der Waals surface area contributed by atoms with Crippen molar-refractivity contribution in [2.24, 2.45) is 0 Å². The van der Waals surface area contributed by atoms with Crippen LogP contribution in [0.4, 0.5) is 16.4 Å². The van der Waals surface area contributed by atoms with Gasteiger partial charge < -0.3 is 14.0 Å². The molecule has 0 saturated heterocycles. The van der Waals surface area contributed by atoms with Crippen LogP contribution in [0.1, 0.15) is 0 Å². The summed E-state index contributed by atoms with van der Waals surface area (Å²) in [5, 5.41) is 6.06. The van der Waals surface area contributed by atoms with Crippen molar-refractivity contribution in [1.82, 2.24) is 14.1 Å². The Hall–Kier alpha value is -7.99. The number of nitrogens with zero attached hydrogens (tertiary/aromatic N) is 4. The number of pyridine rings is 1. The van der Waals surface area contributed by atoms with Crippen molar-refractivity contribution in [3.8, 4) is 44.2 Å². The number of aromatic nitrogens is 3. The van der Waals surface area contributed by atoms with Gasteiger partial charge in [-0.1, -0.05) is 109 Å². The van der Waals surface area contributed by atoms with Crippen LogP contribution < -0.4 is 4.90 Å². The fourth-order valence-electron chi connectivity index (χ4n) is 9.12. The minimum Gasteiger partial charge on any atom is -0.309 e. The number of benzene rings is 8. The van der Waals surface area contributed by atoms with Crippen LogP contribution in [0.15, 0.2) is 231 Å². The second-order valence-corrected chi connectivity index (χ2v) is 16.7. The molecule has 0 aliphatic rings. The lowest BCUT2D eigenvalue weighted by molar-refractivity contribution is 1.18. The van der Waals surface area contributed by atoms with E-state index in [1.165, 1.54) is 59.1 Å². The molecule has 0 atom stereocenters. The zero-order chi connectivity index (χ0) is 41.0. The van der Waals surface area contributed by atoms with Gasteiger partial charge in [-0.15, -0.1) is 11.3 Å². The maximum atomic E-state index is 4.72. The van der Waals surface area contributed by atoms with Crippen molar-refractivity contribution in [3.05, 3.63) is 231 Å². The third kappa shape index (κ3) is 6.09. The molecule has 0 aliphatic heterocycles. The molecular weight excluding hydrogens is 773 g/mol. The molecule has 8 aromatic carbocycles. The van der Waals surface area contributed by atoms with E-state index in [4.69, 9.17) is 4.98 Å². The summed E-state index contributed by atoms with van der Waals surface area (Å²) in [6.07, 6.45) is 1.87. The molecule has 12 rings (SSSR count). The first-order valence-corrected chi connectivity index (χ1v) is 21.8. The van der Waals surface area contributed by atoms with E-state index in [-0.39, 0.29) is 0 Å². The van der Waals surface area contributed by atoms with E-state index in [9.17, 15) is 0 Å². The van der Waals surface area contributed by atoms with E-state index in [0.29, 0.717) is 0 Å². The number of para-hydroxylation sites is 4. The highest BCUT2D eigenvalue weighted by molar-refractivity contribution is 7.19. The standard InChI is InChI=1S/C57H38N4S/c1-4-14-43(15-5-1)59(44-16-6-2-7-17-44)57-34-33-56(62-57)39-23-28-46(29-24-39)61-54-31-26-41(37-49(54)50-38-42(27-32-55(50)61)51-21-12-13-35-58-51)40-25-30-53-48(36-40)47-20-10-11-22-52(47)60(53)45-18-8-3-9-19-45/h1-38H. The number of anilines is 3. The molecule has 4 aromatic heterocycles. The smallest absolute Gasteiger partial charge is 0.101 e. The third-order valence-corrected chi connectivity index (χ3v) is 13.1. The highest BCUT2D eigenvalue weighted by Gasteiger charge is 2.19. The van der Waals surface area contributed by atoms with Gasteiger partial charge in [0.1, 0.15) is 5.00 Å². The molecule has 0 spiro atoms. The molecule has 12 aromatic rings. The minimum atomic E-state index is 0.962. The highest BCUT2D eigenvalue weighted by atomic mass is 32.1. The van der Waals surface area contributed by atoms with Gasteiger partial charge in [-0.3, -0.25) is 4.98 Å². The van der Waals surface area contributed by atoms with Gasteiger partial charge in [0.2, 0.25) is 0 Å². The van der Waals surface area contributed by atoms with Crippen molar-refractivity contribution < 1.29 is 0 Å². The average molecular weight is 811 g/mol. The van der Waals surface area contributed by atoms with Crippen LogP contribution in [-0.4, -0.2) is 14.1 Å². The van der Waals surface area contributed by atoms with Crippen molar-refractivity contribution in [2.45, 2.75) is 0 Å². The first-order chi connectivity index (χ1) is 30.7. The largest absolute Gasteiger partial charge is 0.309 e. The first kappa shape index (κ1) is 35.9. The number of hydrogen-bond acceptors (Lipinski definition) is 3. The Bertz CT molecular complexity index is 3510. The Morgan fingerprint density at radius 3 is 1.45 bits per heavy atom. The van der Waals surface area contributed by atoms with Crippen LogP contribution in [0.25, 0.3) is 87.8 Å². The van der Waals surface area contributed by atoms with Crippen LogP contribution in [-0.2, 0) is 0 Å². The van der Waals surface area contributed by atoms with Crippen molar-refractivity contribution in [2.75, 3.05) is 4.90 Å². The Labute approximate surface area is 363 Å². The zero-order valence-electron chi connectivity index (χ0n) is 33.6. The molecule has 0 fully saturated rings. The minimum absolute atomic E-state index is 0.962. The normalized spacial score (nSPS) is 11.5. The number of rotatable bonds is 8. The van der Waals surface area contributed by atoms with Crippen LogP contribution in [0.3, 0.4) is 0 Å². The summed E-state index contributed by atoms with van der Waals surface area (Å²) in [6, 6.07) is 80.8. The summed E-state index contributed by atoms with van der Waals surface area (Å²) < 4.78 is 4.78. The molecule has 0 radical (unpaired) electrons. The van der Waals surface area contributed by atoms with Gasteiger partial charge in [0.25, 0.3) is 0 Å². The second kappa shape index (κ2) is 14.9. The first-order valence-electron chi connectivity index (χ1n) is 20.9. The molecule has 62 heavy (non-hydrogen) atoms. The van der Waals surface area contributed by atoms with Crippen LogP contribution in [0.5, 0.6) is 0 Å². The molecule has 5 heteroatoms. The summed E-state index contributed by atoms with van der Waals surface area (Å²) in [5.41, 5.74) is 14.9. The number of hydrogen-bond donors (Lipinski definition) is 0. The Kier molecular flexibility index (Phi) is 8.65. The predicted octanol–water partition coefficient (Wildman–Crippen LogP) is 15.8. The maximum Gasteiger partial charge on any atom is 0.101 e. The molecule has 0 aliphatic carbocycles. The van der Waals surface area contributed by atoms with E-state index in [1.54, 1.807) is 11.3 Å². The molecule has 0 bridgehead atoms. The molecule has 0 unspecified atom stereocenters. The van der Waals surface area contributed by atoms with Crippen molar-refractivity contribution >= 4 is 71.3 Å². The van der Waals surface area contributed by atoms with Crippen molar-refractivity contribution in [3.63, 3.8) is 0 Å². The highest BCUT2D eigenvalue weighted by Crippen LogP contribution is 2.43. The van der Waals surface area contributed by atoms with E-state index in [0.717, 1.165) is 45.0 Å². The summed E-state index contributed by atoms with van der Waals surface area (Å²) in [4.78, 5) is 8.27. The second-order valence-electron chi connectivity index (χ2n) is 15.6. The molecule has 0 saturated carbocycles. The Morgan fingerprint density at radius 1 is 0.355 bits per heavy atom. The average Bonchev–Trinajstić information content (AvgIpc) is 4.05. The van der Waals surface area contributed by atoms with Gasteiger partial charge in [-0.05, 0) is 132 Å². The fraction of sp³-hybridized carbons (Fsp3) is 0. The van der Waals surface area contributed by atoms with Gasteiger partial charge in [-0.2, -0.15) is 0 Å². The Balaban J connectivity index is 0.964. The number of fused-ring (bicyclic) bond motifs is 6. The Morgan fingerprint density at radius 2 is 0.839 bits per heavy atom. The predicted molar refractivity (Wildman–Crippen MR) is 262 cm³/mol. The zero-order valence-corrected chi connectivity index (χ0v) is 34.5. The van der Waals surface area contributed by atoms with Crippen LogP contribution in [0, 0.1) is 0 Å². The summed E-state index contributed by atoms with van der Waals surface area (Å²) in [5.74, 6) is 0. The summed E-state index contributed by atoms with van der Waals surface area (Å²) >= 11 is 1.80. The summed E-state index contributed by atoms with van der Waals surface area (Å²) in [6.45, 7) is 0. The van der Waals surface area contributed by atoms with Gasteiger partial charge in [0.15, 0.2) is 0 Å². The van der Waals surface area contributed by atoms with E-state index < -0.39 is 0 Å². The van der Waals surface area contributed by atoms with Gasteiger partial charge in [-0.25, -0.2) is 0 Å². The SMILES string of the molecule is c1ccc(N(c2ccccc2)c2ccc(-c3ccc(-n4c5ccc(-c6ccc7c(c6)c6ccccc6n7-c6ccccc6)cc5c5cc(-c6ccccn6)ccc54)cc3)s2)cc1. The molecule has 4 nitrogen and oxygen atoms in total. The van der Waals surface area contributed by atoms with E-state index in [1.807, 2.05) is 12.3 Å². The van der Waals surface area contributed by atoms with Gasteiger partial charge >= 0.3 is 0 Å². The van der Waals surface area contributed by atoms with E-state index in [2.05, 4.69) is 232 Å². The lowest BCUT2D eigenvalue weighted by atomic mass is 10.00. The fourth-order valence-corrected chi connectivity index (χ4v) is 10.2. The van der Waals surface area contributed by atoms with Gasteiger partial charge in [0, 0.05) is 60.9 Å². The molecule has 4 heterocycles. The maximum absolute atomic E-state index is 4.72.